The van der Waals surface area contributed by atoms with E-state index in [1.807, 2.05) is 0 Å². The summed E-state index contributed by atoms with van der Waals surface area (Å²) in [6.45, 7) is -0.208. The fourth-order valence-corrected chi connectivity index (χ4v) is 2.81. The second kappa shape index (κ2) is 7.15. The van der Waals surface area contributed by atoms with Gasteiger partial charge in [-0.05, 0) is 24.1 Å². The van der Waals surface area contributed by atoms with Gasteiger partial charge in [0.15, 0.2) is 0 Å². The maximum absolute atomic E-state index is 12.0. The number of hydrogen-bond acceptors (Lipinski definition) is 7. The average molecular weight is 352 g/mol. The molecule has 0 fully saturated rings. The molecule has 126 valence electrons. The first-order valence-electron chi connectivity index (χ1n) is 6.67. The van der Waals surface area contributed by atoms with E-state index in [0.717, 1.165) is 24.3 Å². The number of hydrogen-bond donors (Lipinski definition) is 0. The Morgan fingerprint density at radius 1 is 0.917 bits per heavy atom. The Bertz CT molecular complexity index is 863. The van der Waals surface area contributed by atoms with Crippen LogP contribution in [-0.2, 0) is 20.7 Å². The minimum atomic E-state index is -4.06. The first-order valence-corrected chi connectivity index (χ1v) is 8.07. The quantitative estimate of drug-likeness (QED) is 0.425. The minimum Gasteiger partial charge on any atom is -0.266 e. The van der Waals surface area contributed by atoms with Gasteiger partial charge in [0, 0.05) is 24.3 Å². The Kier molecular flexibility index (Phi) is 5.21. The van der Waals surface area contributed by atoms with Crippen LogP contribution in [-0.4, -0.2) is 24.9 Å². The summed E-state index contributed by atoms with van der Waals surface area (Å²) in [5.41, 5.74) is 0.236. The maximum Gasteiger partial charge on any atom is 0.296 e. The highest BCUT2D eigenvalue weighted by Gasteiger charge is 2.17. The van der Waals surface area contributed by atoms with Gasteiger partial charge in [-0.1, -0.05) is 12.1 Å². The smallest absolute Gasteiger partial charge is 0.266 e. The van der Waals surface area contributed by atoms with Crippen molar-refractivity contribution >= 4 is 21.5 Å². The van der Waals surface area contributed by atoms with Crippen LogP contribution in [0.2, 0.25) is 0 Å². The fraction of sp³-hybridized carbons (Fsp3) is 0.143. The van der Waals surface area contributed by atoms with Crippen molar-refractivity contribution in [1.82, 2.24) is 0 Å². The topological polar surface area (TPSA) is 130 Å². The lowest BCUT2D eigenvalue weighted by atomic mass is 10.1. The van der Waals surface area contributed by atoms with E-state index in [0.29, 0.717) is 5.56 Å². The lowest BCUT2D eigenvalue weighted by molar-refractivity contribution is -0.385. The van der Waals surface area contributed by atoms with Crippen molar-refractivity contribution in [2.24, 2.45) is 0 Å². The molecule has 9 nitrogen and oxygen atoms in total. The SMILES string of the molecule is O=[N+]([O-])c1ccc(S(=O)(=O)OCCc2cccc([N+](=O)[O-])c2)cc1. The Morgan fingerprint density at radius 2 is 1.54 bits per heavy atom. The van der Waals surface area contributed by atoms with Crippen LogP contribution in [0.25, 0.3) is 0 Å². The highest BCUT2D eigenvalue weighted by atomic mass is 32.2. The predicted octanol–water partition coefficient (Wildman–Crippen LogP) is 2.45. The van der Waals surface area contributed by atoms with Crippen molar-refractivity contribution in [3.05, 3.63) is 74.3 Å². The first kappa shape index (κ1) is 17.5. The molecular weight excluding hydrogens is 340 g/mol. The molecule has 0 aromatic heterocycles. The molecule has 0 unspecified atom stereocenters. The van der Waals surface area contributed by atoms with E-state index in [2.05, 4.69) is 0 Å². The van der Waals surface area contributed by atoms with E-state index in [9.17, 15) is 28.6 Å². The lowest BCUT2D eigenvalue weighted by Crippen LogP contribution is -2.09. The van der Waals surface area contributed by atoms with Crippen molar-refractivity contribution < 1.29 is 22.4 Å². The molecule has 0 atom stereocenters. The van der Waals surface area contributed by atoms with Crippen molar-refractivity contribution in [2.45, 2.75) is 11.3 Å². The lowest BCUT2D eigenvalue weighted by Gasteiger charge is -2.06. The number of rotatable bonds is 7. The van der Waals surface area contributed by atoms with Crippen molar-refractivity contribution in [1.29, 1.82) is 0 Å². The zero-order chi connectivity index (χ0) is 17.7. The molecule has 0 saturated carbocycles. The third-order valence-electron chi connectivity index (χ3n) is 3.09. The summed E-state index contributed by atoms with van der Waals surface area (Å²) in [5, 5.41) is 21.2. The molecule has 2 rings (SSSR count). The summed E-state index contributed by atoms with van der Waals surface area (Å²) in [6, 6.07) is 10.1. The van der Waals surface area contributed by atoms with Gasteiger partial charge >= 0.3 is 0 Å². The van der Waals surface area contributed by atoms with Crippen LogP contribution >= 0.6 is 0 Å². The number of non-ortho nitro benzene ring substituents is 2. The molecular formula is C14H12N2O7S. The molecule has 0 saturated heterocycles. The van der Waals surface area contributed by atoms with Crippen molar-refractivity contribution in [3.63, 3.8) is 0 Å². The highest BCUT2D eigenvalue weighted by molar-refractivity contribution is 7.86. The van der Waals surface area contributed by atoms with E-state index < -0.39 is 20.0 Å². The molecule has 0 spiro atoms. The van der Waals surface area contributed by atoms with Gasteiger partial charge in [-0.3, -0.25) is 24.4 Å². The third-order valence-corrected chi connectivity index (χ3v) is 4.41. The van der Waals surface area contributed by atoms with E-state index in [1.54, 1.807) is 6.07 Å². The predicted molar refractivity (Wildman–Crippen MR) is 83.0 cm³/mol. The van der Waals surface area contributed by atoms with Crippen LogP contribution in [0.4, 0.5) is 11.4 Å². The zero-order valence-corrected chi connectivity index (χ0v) is 13.0. The first-order chi connectivity index (χ1) is 11.3. The van der Waals surface area contributed by atoms with Gasteiger partial charge in [0.05, 0.1) is 21.3 Å². The molecule has 0 aliphatic rings. The van der Waals surface area contributed by atoms with E-state index >= 15 is 0 Å². The standard InChI is InChI=1S/C14H12N2O7S/c17-15(18)12-4-6-14(7-5-12)24(21,22)23-9-8-11-2-1-3-13(10-11)16(19)20/h1-7,10H,8-9H2. The minimum absolute atomic E-state index is 0.0919. The number of nitro groups is 2. The van der Waals surface area contributed by atoms with Crippen molar-refractivity contribution in [3.8, 4) is 0 Å². The molecule has 0 bridgehead atoms. The Morgan fingerprint density at radius 3 is 2.12 bits per heavy atom. The van der Waals surface area contributed by atoms with Gasteiger partial charge in [0.25, 0.3) is 21.5 Å². The van der Waals surface area contributed by atoms with Crippen LogP contribution in [0.1, 0.15) is 5.56 Å². The van der Waals surface area contributed by atoms with Gasteiger partial charge < -0.3 is 0 Å². The molecule has 24 heavy (non-hydrogen) atoms. The van der Waals surface area contributed by atoms with Gasteiger partial charge in [-0.2, -0.15) is 8.42 Å². The normalized spacial score (nSPS) is 11.2. The number of nitro benzene ring substituents is 2. The van der Waals surface area contributed by atoms with Gasteiger partial charge in [0.1, 0.15) is 0 Å². The second-order valence-electron chi connectivity index (χ2n) is 4.70. The van der Waals surface area contributed by atoms with Crippen LogP contribution in [0.3, 0.4) is 0 Å². The molecule has 0 aliphatic heterocycles. The Hall–Kier alpha value is -2.85. The molecule has 0 amide bonds. The van der Waals surface area contributed by atoms with Gasteiger partial charge in [-0.15, -0.1) is 0 Å². The highest BCUT2D eigenvalue weighted by Crippen LogP contribution is 2.18. The second-order valence-corrected chi connectivity index (χ2v) is 6.32. The Labute approximate surface area is 136 Å². The van der Waals surface area contributed by atoms with Crippen LogP contribution in [0.15, 0.2) is 53.4 Å². The summed E-state index contributed by atoms with van der Waals surface area (Å²) >= 11 is 0. The summed E-state index contributed by atoms with van der Waals surface area (Å²) in [6.07, 6.45) is 0.161. The zero-order valence-electron chi connectivity index (χ0n) is 12.2. The molecule has 2 aromatic rings. The average Bonchev–Trinajstić information content (AvgIpc) is 2.55. The number of nitrogens with zero attached hydrogens (tertiary/aromatic N) is 2. The maximum atomic E-state index is 12.0. The summed E-state index contributed by atoms with van der Waals surface area (Å²) in [7, 11) is -4.06. The van der Waals surface area contributed by atoms with Gasteiger partial charge in [0.2, 0.25) is 0 Å². The summed E-state index contributed by atoms with van der Waals surface area (Å²) < 4.78 is 28.8. The largest absolute Gasteiger partial charge is 0.296 e. The summed E-state index contributed by atoms with van der Waals surface area (Å²) in [5.74, 6) is 0. The van der Waals surface area contributed by atoms with Crippen LogP contribution < -0.4 is 0 Å². The van der Waals surface area contributed by atoms with Crippen LogP contribution in [0, 0.1) is 20.2 Å². The fourth-order valence-electron chi connectivity index (χ4n) is 1.90. The Balaban J connectivity index is 2.01. The summed E-state index contributed by atoms with van der Waals surface area (Å²) in [4.78, 5) is 19.8. The molecule has 0 aliphatic carbocycles. The molecule has 10 heteroatoms. The van der Waals surface area contributed by atoms with Crippen LogP contribution in [0.5, 0.6) is 0 Å². The molecule has 0 N–H and O–H groups in total. The van der Waals surface area contributed by atoms with E-state index in [1.165, 1.54) is 18.2 Å². The monoisotopic (exact) mass is 352 g/mol. The third kappa shape index (κ3) is 4.33. The van der Waals surface area contributed by atoms with E-state index in [4.69, 9.17) is 4.18 Å². The van der Waals surface area contributed by atoms with Crippen molar-refractivity contribution in [2.75, 3.05) is 6.61 Å². The van der Waals surface area contributed by atoms with E-state index in [-0.39, 0.29) is 29.3 Å². The number of benzene rings is 2. The molecule has 2 aromatic carbocycles. The molecule has 0 radical (unpaired) electrons. The molecule has 0 heterocycles. The van der Waals surface area contributed by atoms with Gasteiger partial charge in [-0.25, -0.2) is 0 Å².